The maximum absolute atomic E-state index is 11.9. The van der Waals surface area contributed by atoms with Crippen LogP contribution in [0, 0.1) is 19.8 Å². The van der Waals surface area contributed by atoms with Crippen molar-refractivity contribution >= 4 is 15.9 Å². The lowest BCUT2D eigenvalue weighted by Gasteiger charge is -2.17. The molecular weight excluding hydrogens is 250 g/mol. The molecule has 1 amide bonds. The van der Waals surface area contributed by atoms with Gasteiger partial charge in [0.05, 0.1) is 18.2 Å². The Balaban J connectivity index is 2.34. The molecule has 0 bridgehead atoms. The van der Waals surface area contributed by atoms with Gasteiger partial charge in [-0.05, 0) is 25.0 Å². The van der Waals surface area contributed by atoms with Crippen molar-refractivity contribution in [3.05, 3.63) is 34.9 Å². The minimum atomic E-state index is -3.43. The first-order chi connectivity index (χ1) is 8.31. The van der Waals surface area contributed by atoms with Crippen LogP contribution in [0.15, 0.2) is 18.2 Å². The smallest absolute Gasteiger partial charge is 0.240 e. The lowest BCUT2D eigenvalue weighted by molar-refractivity contribution is -0.128. The van der Waals surface area contributed by atoms with Gasteiger partial charge in [-0.1, -0.05) is 30.7 Å². The van der Waals surface area contributed by atoms with Gasteiger partial charge in [0, 0.05) is 0 Å². The molecule has 98 valence electrons. The van der Waals surface area contributed by atoms with Crippen LogP contribution in [-0.4, -0.2) is 24.4 Å². The highest BCUT2D eigenvalue weighted by molar-refractivity contribution is 7.90. The molecule has 0 aromatic heterocycles. The Morgan fingerprint density at radius 1 is 1.33 bits per heavy atom. The third-order valence-electron chi connectivity index (χ3n) is 3.28. The van der Waals surface area contributed by atoms with Crippen molar-refractivity contribution in [1.82, 2.24) is 4.31 Å². The lowest BCUT2D eigenvalue weighted by atomic mass is 10.1. The molecule has 1 aliphatic rings. The van der Waals surface area contributed by atoms with E-state index in [1.54, 1.807) is 6.92 Å². The van der Waals surface area contributed by atoms with Crippen LogP contribution in [0.25, 0.3) is 0 Å². The summed E-state index contributed by atoms with van der Waals surface area (Å²) in [5.74, 6) is -0.799. The van der Waals surface area contributed by atoms with E-state index in [0.29, 0.717) is 0 Å². The van der Waals surface area contributed by atoms with Crippen molar-refractivity contribution in [2.75, 3.05) is 5.75 Å². The van der Waals surface area contributed by atoms with E-state index in [2.05, 4.69) is 0 Å². The van der Waals surface area contributed by atoms with Crippen molar-refractivity contribution in [3.63, 3.8) is 0 Å². The number of rotatable bonds is 2. The van der Waals surface area contributed by atoms with Gasteiger partial charge in [0.15, 0.2) is 0 Å². The number of carbonyl (C=O) groups is 1. The highest BCUT2D eigenvalue weighted by Crippen LogP contribution is 2.24. The fraction of sp³-hybridized carbons (Fsp3) is 0.462. The topological polar surface area (TPSA) is 54.5 Å². The Morgan fingerprint density at radius 3 is 2.56 bits per heavy atom. The molecule has 1 heterocycles. The Kier molecular flexibility index (Phi) is 3.19. The molecular formula is C13H17NO3S. The molecule has 0 spiro atoms. The molecule has 1 fully saturated rings. The second kappa shape index (κ2) is 4.39. The molecule has 0 radical (unpaired) electrons. The minimum Gasteiger partial charge on any atom is -0.273 e. The van der Waals surface area contributed by atoms with Crippen LogP contribution in [0.4, 0.5) is 0 Å². The number of hydrogen-bond acceptors (Lipinski definition) is 3. The summed E-state index contributed by atoms with van der Waals surface area (Å²) in [6.45, 7) is 5.68. The van der Waals surface area contributed by atoms with Gasteiger partial charge in [-0.2, -0.15) is 0 Å². The van der Waals surface area contributed by atoms with E-state index in [0.717, 1.165) is 21.0 Å². The maximum atomic E-state index is 11.9. The summed E-state index contributed by atoms with van der Waals surface area (Å²) in [6.07, 6.45) is 0. The fourth-order valence-electron chi connectivity index (χ4n) is 2.16. The van der Waals surface area contributed by atoms with E-state index in [1.165, 1.54) is 0 Å². The quantitative estimate of drug-likeness (QED) is 0.818. The van der Waals surface area contributed by atoms with Gasteiger partial charge >= 0.3 is 0 Å². The number of hydrogen-bond donors (Lipinski definition) is 0. The molecule has 18 heavy (non-hydrogen) atoms. The fourth-order valence-corrected chi connectivity index (χ4v) is 3.91. The maximum Gasteiger partial charge on any atom is 0.240 e. The molecule has 2 rings (SSSR count). The zero-order valence-electron chi connectivity index (χ0n) is 10.8. The number of carbonyl (C=O) groups excluding carboxylic acids is 1. The number of amides is 1. The summed E-state index contributed by atoms with van der Waals surface area (Å²) in [6, 6.07) is 5.85. The average molecular weight is 267 g/mol. The molecule has 0 aliphatic carbocycles. The van der Waals surface area contributed by atoms with Crippen LogP contribution >= 0.6 is 0 Å². The summed E-state index contributed by atoms with van der Waals surface area (Å²) in [5.41, 5.74) is 2.96. The number of benzene rings is 1. The second-order valence-corrected chi connectivity index (χ2v) is 6.89. The molecule has 4 nitrogen and oxygen atoms in total. The molecule has 1 unspecified atom stereocenters. The summed E-state index contributed by atoms with van der Waals surface area (Å²) in [7, 11) is -3.43. The third kappa shape index (κ3) is 2.27. The SMILES string of the molecule is Cc1ccc(C)c(CN2C(=O)C(C)CS2(=O)=O)c1. The second-order valence-electron chi connectivity index (χ2n) is 4.95. The summed E-state index contributed by atoms with van der Waals surface area (Å²) >= 11 is 0. The lowest BCUT2D eigenvalue weighted by Crippen LogP contribution is -2.30. The van der Waals surface area contributed by atoms with Crippen molar-refractivity contribution in [2.24, 2.45) is 5.92 Å². The minimum absolute atomic E-state index is 0.0727. The number of nitrogens with zero attached hydrogens (tertiary/aromatic N) is 1. The van der Waals surface area contributed by atoms with Gasteiger partial charge < -0.3 is 0 Å². The van der Waals surface area contributed by atoms with Gasteiger partial charge in [0.1, 0.15) is 0 Å². The Bertz CT molecular complexity index is 592. The summed E-state index contributed by atoms with van der Waals surface area (Å²) < 4.78 is 24.8. The standard InChI is InChI=1S/C13H17NO3S/c1-9-4-5-10(2)12(6-9)7-14-13(15)11(3)8-18(14,16)17/h4-6,11H,7-8H2,1-3H3. The van der Waals surface area contributed by atoms with Crippen LogP contribution in [-0.2, 0) is 21.4 Å². The van der Waals surface area contributed by atoms with Crippen LogP contribution in [0.3, 0.4) is 0 Å². The van der Waals surface area contributed by atoms with E-state index in [4.69, 9.17) is 0 Å². The van der Waals surface area contributed by atoms with Gasteiger partial charge in [0.25, 0.3) is 0 Å². The molecule has 1 atom stereocenters. The first kappa shape index (κ1) is 13.1. The van der Waals surface area contributed by atoms with Gasteiger partial charge in [-0.15, -0.1) is 0 Å². The van der Waals surface area contributed by atoms with Crippen molar-refractivity contribution < 1.29 is 13.2 Å². The van der Waals surface area contributed by atoms with Crippen molar-refractivity contribution in [3.8, 4) is 0 Å². The van der Waals surface area contributed by atoms with Crippen LogP contribution in [0.1, 0.15) is 23.6 Å². The van der Waals surface area contributed by atoms with Crippen LogP contribution in [0.2, 0.25) is 0 Å². The summed E-state index contributed by atoms with van der Waals surface area (Å²) in [4.78, 5) is 11.9. The summed E-state index contributed by atoms with van der Waals surface area (Å²) in [5, 5.41) is 0. The van der Waals surface area contributed by atoms with E-state index in [9.17, 15) is 13.2 Å². The average Bonchev–Trinajstić information content (AvgIpc) is 2.46. The molecule has 0 N–H and O–H groups in total. The molecule has 0 saturated carbocycles. The van der Waals surface area contributed by atoms with E-state index >= 15 is 0 Å². The van der Waals surface area contributed by atoms with Crippen molar-refractivity contribution in [1.29, 1.82) is 0 Å². The predicted octanol–water partition coefficient (Wildman–Crippen LogP) is 1.61. The molecule has 1 aromatic carbocycles. The highest BCUT2D eigenvalue weighted by atomic mass is 32.2. The van der Waals surface area contributed by atoms with Gasteiger partial charge in [-0.25, -0.2) is 12.7 Å². The first-order valence-corrected chi connectivity index (χ1v) is 7.52. The van der Waals surface area contributed by atoms with E-state index in [-0.39, 0.29) is 18.2 Å². The Labute approximate surface area is 108 Å². The Hall–Kier alpha value is -1.36. The first-order valence-electron chi connectivity index (χ1n) is 5.91. The van der Waals surface area contributed by atoms with Crippen LogP contribution in [0.5, 0.6) is 0 Å². The van der Waals surface area contributed by atoms with Gasteiger partial charge in [-0.3, -0.25) is 4.79 Å². The number of aryl methyl sites for hydroxylation is 2. The largest absolute Gasteiger partial charge is 0.273 e. The Morgan fingerprint density at radius 2 is 2.00 bits per heavy atom. The predicted molar refractivity (Wildman–Crippen MR) is 69.4 cm³/mol. The van der Waals surface area contributed by atoms with E-state index < -0.39 is 15.9 Å². The zero-order valence-corrected chi connectivity index (χ0v) is 11.6. The number of sulfonamides is 1. The van der Waals surface area contributed by atoms with Crippen molar-refractivity contribution in [2.45, 2.75) is 27.3 Å². The molecule has 1 saturated heterocycles. The third-order valence-corrected chi connectivity index (χ3v) is 5.18. The monoisotopic (exact) mass is 267 g/mol. The molecule has 1 aromatic rings. The van der Waals surface area contributed by atoms with E-state index in [1.807, 2.05) is 32.0 Å². The zero-order chi connectivity index (χ0) is 13.5. The van der Waals surface area contributed by atoms with Crippen LogP contribution < -0.4 is 0 Å². The molecule has 1 aliphatic heterocycles. The molecule has 5 heteroatoms. The van der Waals surface area contributed by atoms with Gasteiger partial charge in [0.2, 0.25) is 15.9 Å². The highest BCUT2D eigenvalue weighted by Gasteiger charge is 2.40. The normalized spacial score (nSPS) is 22.5.